The number of alkyl halides is 3. The quantitative estimate of drug-likeness (QED) is 0.691. The average molecular weight is 441 g/mol. The average Bonchev–Trinajstić information content (AvgIpc) is 3.44. The molecule has 2 aliphatic heterocycles. The number of halogens is 3. The maximum atomic E-state index is 12.9. The van der Waals surface area contributed by atoms with Gasteiger partial charge in [0.2, 0.25) is 0 Å². The second-order valence-corrected chi connectivity index (χ2v) is 9.07. The van der Waals surface area contributed by atoms with Gasteiger partial charge in [-0.05, 0) is 76.2 Å². The van der Waals surface area contributed by atoms with Gasteiger partial charge in [0.25, 0.3) is 5.91 Å². The van der Waals surface area contributed by atoms with Crippen molar-refractivity contribution < 1.29 is 27.4 Å². The Morgan fingerprint density at radius 1 is 1.26 bits per heavy atom. The van der Waals surface area contributed by atoms with E-state index < -0.39 is 11.7 Å². The molecule has 5 nitrogen and oxygen atoms in total. The van der Waals surface area contributed by atoms with Crippen LogP contribution in [0.1, 0.15) is 50.5 Å². The fourth-order valence-electron chi connectivity index (χ4n) is 5.43. The van der Waals surface area contributed by atoms with Crippen LogP contribution in [0, 0.1) is 0 Å². The van der Waals surface area contributed by atoms with E-state index in [1.165, 1.54) is 25.0 Å². The molecule has 3 atom stereocenters. The van der Waals surface area contributed by atoms with Crippen LogP contribution in [0.2, 0.25) is 0 Å². The molecule has 0 radical (unpaired) electrons. The number of hydrogen-bond donors (Lipinski definition) is 0. The van der Waals surface area contributed by atoms with Crippen molar-refractivity contribution in [1.29, 1.82) is 0 Å². The first-order valence-electron chi connectivity index (χ1n) is 11.2. The van der Waals surface area contributed by atoms with Crippen molar-refractivity contribution in [3.8, 4) is 5.75 Å². The molecule has 0 bridgehead atoms. The highest BCUT2D eigenvalue weighted by molar-refractivity contribution is 5.78. The molecule has 1 aliphatic carbocycles. The van der Waals surface area contributed by atoms with Crippen LogP contribution in [0.3, 0.4) is 0 Å². The van der Waals surface area contributed by atoms with Gasteiger partial charge in [0.1, 0.15) is 5.75 Å². The lowest BCUT2D eigenvalue weighted by atomic mass is 9.76. The van der Waals surface area contributed by atoms with E-state index in [1.54, 1.807) is 11.9 Å². The molecule has 0 unspecified atom stereocenters. The SMILES string of the molecule is CN(C(=O)COc1cccc(C(F)(F)F)c1)[C@@H]1CC[C@@]2(CCCO2)C[C@H]1N1CCCC1. The van der Waals surface area contributed by atoms with E-state index in [1.807, 2.05) is 0 Å². The van der Waals surface area contributed by atoms with E-state index in [9.17, 15) is 18.0 Å². The standard InChI is InChI=1S/C23H31F3N2O3/c1-27(21(29)16-30-18-7-4-6-17(14-18)23(24,25)26)19-8-10-22(9-5-13-31-22)15-20(19)28-11-2-3-12-28/h4,6-7,14,19-20H,2-3,5,8-13,15-16H2,1H3/t19-,20-,22+/m1/s1. The highest BCUT2D eigenvalue weighted by Crippen LogP contribution is 2.43. The lowest BCUT2D eigenvalue weighted by Gasteiger charge is -2.48. The largest absolute Gasteiger partial charge is 0.484 e. The summed E-state index contributed by atoms with van der Waals surface area (Å²) in [6, 6.07) is 4.96. The molecule has 2 saturated heterocycles. The molecule has 1 amide bonds. The number of amides is 1. The molecule has 3 fully saturated rings. The van der Waals surface area contributed by atoms with Gasteiger partial charge in [0, 0.05) is 25.7 Å². The fraction of sp³-hybridized carbons (Fsp3) is 0.696. The van der Waals surface area contributed by atoms with Crippen molar-refractivity contribution >= 4 is 5.91 Å². The number of nitrogens with zero attached hydrogens (tertiary/aromatic N) is 2. The van der Waals surface area contributed by atoms with Gasteiger partial charge in [0.05, 0.1) is 11.2 Å². The Labute approximate surface area is 181 Å². The van der Waals surface area contributed by atoms with Crippen molar-refractivity contribution in [1.82, 2.24) is 9.80 Å². The van der Waals surface area contributed by atoms with Crippen LogP contribution in [0.25, 0.3) is 0 Å². The van der Waals surface area contributed by atoms with E-state index in [0.29, 0.717) is 0 Å². The van der Waals surface area contributed by atoms with Gasteiger partial charge in [-0.1, -0.05) is 6.07 Å². The summed E-state index contributed by atoms with van der Waals surface area (Å²) in [4.78, 5) is 17.1. The minimum absolute atomic E-state index is 0.0506. The van der Waals surface area contributed by atoms with Gasteiger partial charge in [-0.15, -0.1) is 0 Å². The molecule has 1 saturated carbocycles. The molecule has 1 spiro atoms. The molecule has 172 valence electrons. The van der Waals surface area contributed by atoms with Crippen molar-refractivity contribution in [2.75, 3.05) is 33.4 Å². The number of hydrogen-bond acceptors (Lipinski definition) is 4. The third-order valence-corrected chi connectivity index (χ3v) is 7.13. The number of ether oxygens (including phenoxy) is 2. The second-order valence-electron chi connectivity index (χ2n) is 9.07. The van der Waals surface area contributed by atoms with Gasteiger partial charge in [-0.25, -0.2) is 0 Å². The van der Waals surface area contributed by atoms with Crippen LogP contribution in [-0.2, 0) is 15.7 Å². The lowest BCUT2D eigenvalue weighted by molar-refractivity contribution is -0.139. The zero-order valence-corrected chi connectivity index (χ0v) is 18.0. The maximum absolute atomic E-state index is 12.9. The summed E-state index contributed by atoms with van der Waals surface area (Å²) in [5.41, 5.74) is -0.837. The van der Waals surface area contributed by atoms with Gasteiger partial charge in [0.15, 0.2) is 6.61 Å². The third-order valence-electron chi connectivity index (χ3n) is 7.13. The summed E-state index contributed by atoms with van der Waals surface area (Å²) >= 11 is 0. The monoisotopic (exact) mass is 440 g/mol. The van der Waals surface area contributed by atoms with Gasteiger partial charge < -0.3 is 14.4 Å². The normalized spacial score (nSPS) is 29.4. The number of carbonyl (C=O) groups is 1. The van der Waals surface area contributed by atoms with Crippen molar-refractivity contribution in [2.24, 2.45) is 0 Å². The summed E-state index contributed by atoms with van der Waals surface area (Å²) in [7, 11) is 1.79. The number of carbonyl (C=O) groups excluding carboxylic acids is 1. The number of rotatable bonds is 5. The number of likely N-dealkylation sites (N-methyl/N-ethyl adjacent to an activating group) is 1. The van der Waals surface area contributed by atoms with E-state index in [4.69, 9.17) is 9.47 Å². The van der Waals surface area contributed by atoms with Gasteiger partial charge in [-0.2, -0.15) is 13.2 Å². The summed E-state index contributed by atoms with van der Waals surface area (Å²) in [5, 5.41) is 0. The van der Waals surface area contributed by atoms with Gasteiger partial charge in [-0.3, -0.25) is 9.69 Å². The molecular weight excluding hydrogens is 409 g/mol. The van der Waals surface area contributed by atoms with Gasteiger partial charge >= 0.3 is 6.18 Å². The first-order chi connectivity index (χ1) is 14.8. The molecule has 2 heterocycles. The Balaban J connectivity index is 1.41. The maximum Gasteiger partial charge on any atom is 0.416 e. The van der Waals surface area contributed by atoms with Crippen LogP contribution in [0.4, 0.5) is 13.2 Å². The molecule has 1 aromatic rings. The van der Waals surface area contributed by atoms with Crippen molar-refractivity contribution in [3.05, 3.63) is 29.8 Å². The van der Waals surface area contributed by atoms with Crippen LogP contribution in [-0.4, -0.2) is 66.7 Å². The molecule has 31 heavy (non-hydrogen) atoms. The van der Waals surface area contributed by atoms with E-state index in [2.05, 4.69) is 4.90 Å². The first-order valence-corrected chi connectivity index (χ1v) is 11.2. The second kappa shape index (κ2) is 8.98. The van der Waals surface area contributed by atoms with Crippen molar-refractivity contribution in [2.45, 2.75) is 68.8 Å². The zero-order chi connectivity index (χ0) is 22.1. The molecule has 0 aromatic heterocycles. The molecule has 0 N–H and O–H groups in total. The Hall–Kier alpha value is -1.80. The molecule has 3 aliphatic rings. The number of likely N-dealkylation sites (tertiary alicyclic amines) is 1. The van der Waals surface area contributed by atoms with E-state index in [-0.39, 0.29) is 35.9 Å². The highest BCUT2D eigenvalue weighted by Gasteiger charge is 2.47. The smallest absolute Gasteiger partial charge is 0.416 e. The Kier molecular flexibility index (Phi) is 6.49. The Morgan fingerprint density at radius 3 is 2.71 bits per heavy atom. The molecule has 1 aromatic carbocycles. The zero-order valence-electron chi connectivity index (χ0n) is 18.0. The van der Waals surface area contributed by atoms with Crippen LogP contribution >= 0.6 is 0 Å². The minimum atomic E-state index is -4.44. The number of benzene rings is 1. The predicted molar refractivity (Wildman–Crippen MR) is 110 cm³/mol. The fourth-order valence-corrected chi connectivity index (χ4v) is 5.43. The minimum Gasteiger partial charge on any atom is -0.484 e. The molecule has 4 rings (SSSR count). The highest BCUT2D eigenvalue weighted by atomic mass is 19.4. The molecule has 8 heteroatoms. The summed E-state index contributed by atoms with van der Waals surface area (Å²) in [5.74, 6) is -0.162. The van der Waals surface area contributed by atoms with E-state index >= 15 is 0 Å². The van der Waals surface area contributed by atoms with Crippen LogP contribution in [0.15, 0.2) is 24.3 Å². The van der Waals surface area contributed by atoms with E-state index in [0.717, 1.165) is 63.9 Å². The predicted octanol–water partition coefficient (Wildman–Crippen LogP) is 4.11. The Morgan fingerprint density at radius 2 is 2.03 bits per heavy atom. The first kappa shape index (κ1) is 22.4. The lowest BCUT2D eigenvalue weighted by Crippen LogP contribution is -2.58. The third kappa shape index (κ3) is 5.00. The van der Waals surface area contributed by atoms with Crippen LogP contribution < -0.4 is 4.74 Å². The van der Waals surface area contributed by atoms with Crippen LogP contribution in [0.5, 0.6) is 5.75 Å². The summed E-state index contributed by atoms with van der Waals surface area (Å²) in [6.07, 6.45) is 2.83. The Bertz CT molecular complexity index is 774. The molecular formula is C23H31F3N2O3. The van der Waals surface area contributed by atoms with Crippen molar-refractivity contribution in [3.63, 3.8) is 0 Å². The summed E-state index contributed by atoms with van der Waals surface area (Å²) in [6.45, 7) is 2.62. The topological polar surface area (TPSA) is 42.0 Å². The summed E-state index contributed by atoms with van der Waals surface area (Å²) < 4.78 is 50.3.